The number of thioether (sulfide) groups is 1. The van der Waals surface area contributed by atoms with Crippen LogP contribution in [-0.2, 0) is 4.74 Å². The summed E-state index contributed by atoms with van der Waals surface area (Å²) in [6.07, 6.45) is 3.34. The molecule has 1 amide bonds. The van der Waals surface area contributed by atoms with E-state index in [1.54, 1.807) is 18.9 Å². The second-order valence-corrected chi connectivity index (χ2v) is 6.64. The van der Waals surface area contributed by atoms with E-state index in [1.807, 2.05) is 54.8 Å². The summed E-state index contributed by atoms with van der Waals surface area (Å²) >= 11 is 1.58. The average molecular weight is 342 g/mol. The molecule has 1 N–H and O–H groups in total. The first-order chi connectivity index (χ1) is 11.7. The molecular weight excluding hydrogens is 320 g/mol. The standard InChI is InChI=1S/C19H22N2O2S/c1-23-16-11-12-21(13-16)15-9-7-14(8-10-15)20-19(22)17-5-3-4-6-18(17)24-2/h3-10,16H,11-13H2,1-2H3,(H,20,22)/t16-/m1/s1. The van der Waals surface area contributed by atoms with Gasteiger partial charge in [-0.3, -0.25) is 4.79 Å². The van der Waals surface area contributed by atoms with Gasteiger partial charge in [0.2, 0.25) is 0 Å². The van der Waals surface area contributed by atoms with E-state index in [0.717, 1.165) is 35.8 Å². The van der Waals surface area contributed by atoms with Crippen molar-refractivity contribution in [1.82, 2.24) is 0 Å². The number of ether oxygens (including phenoxy) is 1. The van der Waals surface area contributed by atoms with Crippen LogP contribution in [0.5, 0.6) is 0 Å². The van der Waals surface area contributed by atoms with Gasteiger partial charge in [-0.1, -0.05) is 12.1 Å². The third-order valence-electron chi connectivity index (χ3n) is 4.32. The SMILES string of the molecule is CO[C@@H]1CCN(c2ccc(NC(=O)c3ccccc3SC)cc2)C1. The lowest BCUT2D eigenvalue weighted by Gasteiger charge is -2.18. The summed E-state index contributed by atoms with van der Waals surface area (Å²) in [7, 11) is 1.76. The highest BCUT2D eigenvalue weighted by molar-refractivity contribution is 7.98. The second kappa shape index (κ2) is 7.73. The molecule has 0 spiro atoms. The van der Waals surface area contributed by atoms with E-state index < -0.39 is 0 Å². The summed E-state index contributed by atoms with van der Waals surface area (Å²) in [5.74, 6) is -0.0756. The smallest absolute Gasteiger partial charge is 0.256 e. The van der Waals surface area contributed by atoms with Crippen molar-refractivity contribution in [3.63, 3.8) is 0 Å². The van der Waals surface area contributed by atoms with Gasteiger partial charge < -0.3 is 15.0 Å². The minimum absolute atomic E-state index is 0.0756. The highest BCUT2D eigenvalue weighted by Crippen LogP contribution is 2.25. The summed E-state index contributed by atoms with van der Waals surface area (Å²) in [6.45, 7) is 1.93. The maximum absolute atomic E-state index is 12.5. The van der Waals surface area contributed by atoms with Gasteiger partial charge in [-0.25, -0.2) is 0 Å². The van der Waals surface area contributed by atoms with Gasteiger partial charge in [0, 0.05) is 36.5 Å². The summed E-state index contributed by atoms with van der Waals surface area (Å²) in [4.78, 5) is 15.8. The molecule has 5 heteroatoms. The van der Waals surface area contributed by atoms with E-state index in [-0.39, 0.29) is 5.91 Å². The minimum atomic E-state index is -0.0756. The van der Waals surface area contributed by atoms with Crippen LogP contribution in [-0.4, -0.2) is 38.5 Å². The van der Waals surface area contributed by atoms with Crippen LogP contribution in [0.25, 0.3) is 0 Å². The number of rotatable bonds is 5. The van der Waals surface area contributed by atoms with Crippen LogP contribution in [0, 0.1) is 0 Å². The molecule has 1 heterocycles. The van der Waals surface area contributed by atoms with Crippen LogP contribution >= 0.6 is 11.8 Å². The Morgan fingerprint density at radius 3 is 2.62 bits per heavy atom. The van der Waals surface area contributed by atoms with E-state index in [0.29, 0.717) is 11.7 Å². The third kappa shape index (κ3) is 3.74. The lowest BCUT2D eigenvalue weighted by molar-refractivity contribution is 0.102. The molecule has 0 bridgehead atoms. The number of nitrogens with zero attached hydrogens (tertiary/aromatic N) is 1. The first-order valence-corrected chi connectivity index (χ1v) is 9.26. The molecule has 0 unspecified atom stereocenters. The topological polar surface area (TPSA) is 41.6 Å². The zero-order valence-corrected chi connectivity index (χ0v) is 14.8. The predicted molar refractivity (Wildman–Crippen MR) is 100 cm³/mol. The van der Waals surface area contributed by atoms with Crippen molar-refractivity contribution < 1.29 is 9.53 Å². The van der Waals surface area contributed by atoms with Gasteiger partial charge in [-0.15, -0.1) is 11.8 Å². The van der Waals surface area contributed by atoms with Crippen LogP contribution in [0.4, 0.5) is 11.4 Å². The summed E-state index contributed by atoms with van der Waals surface area (Å²) < 4.78 is 5.41. The Morgan fingerprint density at radius 1 is 1.21 bits per heavy atom. The van der Waals surface area contributed by atoms with E-state index in [1.165, 1.54) is 0 Å². The van der Waals surface area contributed by atoms with Crippen molar-refractivity contribution >= 4 is 29.0 Å². The molecular formula is C19H22N2O2S. The van der Waals surface area contributed by atoms with Crippen LogP contribution in [0.15, 0.2) is 53.4 Å². The quantitative estimate of drug-likeness (QED) is 0.837. The maximum Gasteiger partial charge on any atom is 0.256 e. The fourth-order valence-electron chi connectivity index (χ4n) is 2.94. The van der Waals surface area contributed by atoms with Gasteiger partial charge in [0.25, 0.3) is 5.91 Å². The Bertz CT molecular complexity index is 703. The van der Waals surface area contributed by atoms with Gasteiger partial charge in [-0.2, -0.15) is 0 Å². The lowest BCUT2D eigenvalue weighted by Crippen LogP contribution is -2.22. The van der Waals surface area contributed by atoms with E-state index in [4.69, 9.17) is 4.74 Å². The number of hydrogen-bond donors (Lipinski definition) is 1. The van der Waals surface area contributed by atoms with Crippen molar-refractivity contribution in [3.05, 3.63) is 54.1 Å². The molecule has 1 aliphatic rings. The largest absolute Gasteiger partial charge is 0.380 e. The number of amides is 1. The van der Waals surface area contributed by atoms with Crippen molar-refractivity contribution in [1.29, 1.82) is 0 Å². The Morgan fingerprint density at radius 2 is 1.96 bits per heavy atom. The molecule has 24 heavy (non-hydrogen) atoms. The molecule has 1 saturated heterocycles. The van der Waals surface area contributed by atoms with Crippen molar-refractivity contribution in [2.45, 2.75) is 17.4 Å². The molecule has 1 atom stereocenters. The fraction of sp³-hybridized carbons (Fsp3) is 0.316. The van der Waals surface area contributed by atoms with Crippen LogP contribution in [0.1, 0.15) is 16.8 Å². The van der Waals surface area contributed by atoms with Gasteiger partial charge in [0.15, 0.2) is 0 Å². The third-order valence-corrected chi connectivity index (χ3v) is 5.12. The first kappa shape index (κ1) is 16.9. The van der Waals surface area contributed by atoms with Gasteiger partial charge in [0.05, 0.1) is 11.7 Å². The van der Waals surface area contributed by atoms with Gasteiger partial charge in [0.1, 0.15) is 0 Å². The zero-order valence-electron chi connectivity index (χ0n) is 14.0. The zero-order chi connectivity index (χ0) is 16.9. The average Bonchev–Trinajstić information content (AvgIpc) is 3.11. The van der Waals surface area contributed by atoms with Crippen molar-refractivity contribution in [2.75, 3.05) is 36.7 Å². The lowest BCUT2D eigenvalue weighted by atomic mass is 10.2. The molecule has 1 aliphatic heterocycles. The first-order valence-electron chi connectivity index (χ1n) is 8.03. The van der Waals surface area contributed by atoms with Crippen LogP contribution < -0.4 is 10.2 Å². The molecule has 0 aliphatic carbocycles. The van der Waals surface area contributed by atoms with Crippen molar-refractivity contribution in [3.8, 4) is 0 Å². The summed E-state index contributed by atoms with van der Waals surface area (Å²) in [5.41, 5.74) is 2.68. The number of nitrogens with one attached hydrogen (secondary N) is 1. The molecule has 3 rings (SSSR count). The Labute approximate surface area is 147 Å². The van der Waals surface area contributed by atoms with E-state index in [9.17, 15) is 4.79 Å². The molecule has 0 aromatic heterocycles. The number of carbonyl (C=O) groups excluding carboxylic acids is 1. The summed E-state index contributed by atoms with van der Waals surface area (Å²) in [5, 5.41) is 2.98. The molecule has 1 fully saturated rings. The number of methoxy groups -OCH3 is 1. The van der Waals surface area contributed by atoms with Gasteiger partial charge in [-0.05, 0) is 49.1 Å². The highest BCUT2D eigenvalue weighted by Gasteiger charge is 2.22. The Hall–Kier alpha value is -1.98. The molecule has 4 nitrogen and oxygen atoms in total. The number of hydrogen-bond acceptors (Lipinski definition) is 4. The number of benzene rings is 2. The molecule has 0 saturated carbocycles. The predicted octanol–water partition coefficient (Wildman–Crippen LogP) is 3.89. The molecule has 126 valence electrons. The monoisotopic (exact) mass is 342 g/mol. The molecule has 2 aromatic rings. The highest BCUT2D eigenvalue weighted by atomic mass is 32.2. The Kier molecular flexibility index (Phi) is 5.43. The molecule has 0 radical (unpaired) electrons. The summed E-state index contributed by atoms with van der Waals surface area (Å²) in [6, 6.07) is 15.7. The Balaban J connectivity index is 1.67. The maximum atomic E-state index is 12.5. The van der Waals surface area contributed by atoms with Crippen LogP contribution in [0.2, 0.25) is 0 Å². The fourth-order valence-corrected chi connectivity index (χ4v) is 3.54. The van der Waals surface area contributed by atoms with E-state index in [2.05, 4.69) is 10.2 Å². The van der Waals surface area contributed by atoms with E-state index >= 15 is 0 Å². The normalized spacial score (nSPS) is 17.1. The van der Waals surface area contributed by atoms with Crippen molar-refractivity contribution in [2.24, 2.45) is 0 Å². The van der Waals surface area contributed by atoms with Crippen LogP contribution in [0.3, 0.4) is 0 Å². The second-order valence-electron chi connectivity index (χ2n) is 5.79. The minimum Gasteiger partial charge on any atom is -0.380 e. The molecule has 2 aromatic carbocycles. The number of anilines is 2. The number of carbonyl (C=O) groups is 1. The van der Waals surface area contributed by atoms with Gasteiger partial charge >= 0.3 is 0 Å².